The van der Waals surface area contributed by atoms with Gasteiger partial charge in [0.1, 0.15) is 11.9 Å². The SMILES string of the molecule is CCC(CNC(=O)C1CCCNC1)Oc1ccccc1C. The molecule has 0 bridgehead atoms. The number of amides is 1. The molecule has 0 aliphatic carbocycles. The number of hydrogen-bond donors (Lipinski definition) is 2. The maximum absolute atomic E-state index is 12.1. The van der Waals surface area contributed by atoms with E-state index in [1.54, 1.807) is 0 Å². The number of para-hydroxylation sites is 1. The molecule has 2 unspecified atom stereocenters. The molecule has 0 spiro atoms. The average Bonchev–Trinajstić information content (AvgIpc) is 2.53. The quantitative estimate of drug-likeness (QED) is 0.845. The first-order valence-electron chi connectivity index (χ1n) is 7.91. The number of nitrogens with one attached hydrogen (secondary N) is 2. The van der Waals surface area contributed by atoms with Crippen LogP contribution in [0.5, 0.6) is 5.75 Å². The summed E-state index contributed by atoms with van der Waals surface area (Å²) in [6, 6.07) is 7.99. The van der Waals surface area contributed by atoms with Crippen molar-refractivity contribution in [2.75, 3.05) is 19.6 Å². The van der Waals surface area contributed by atoms with E-state index in [1.165, 1.54) is 0 Å². The molecule has 2 N–H and O–H groups in total. The smallest absolute Gasteiger partial charge is 0.224 e. The summed E-state index contributed by atoms with van der Waals surface area (Å²) < 4.78 is 6.00. The molecule has 2 atom stereocenters. The largest absolute Gasteiger partial charge is 0.488 e. The second-order valence-corrected chi connectivity index (χ2v) is 5.70. The average molecular weight is 290 g/mol. The summed E-state index contributed by atoms with van der Waals surface area (Å²) in [5.41, 5.74) is 1.12. The summed E-state index contributed by atoms with van der Waals surface area (Å²) in [6.45, 7) is 6.50. The molecule has 4 nitrogen and oxygen atoms in total. The highest BCUT2D eigenvalue weighted by Gasteiger charge is 2.21. The number of ether oxygens (including phenoxy) is 1. The van der Waals surface area contributed by atoms with Gasteiger partial charge < -0.3 is 15.4 Å². The van der Waals surface area contributed by atoms with Gasteiger partial charge in [0.2, 0.25) is 5.91 Å². The Morgan fingerprint density at radius 1 is 1.48 bits per heavy atom. The standard InChI is InChI=1S/C17H26N2O2/c1-3-15(21-16-9-5-4-7-13(16)2)12-19-17(20)14-8-6-10-18-11-14/h4-5,7,9,14-15,18H,3,6,8,10-12H2,1-2H3,(H,19,20). The molecule has 0 aromatic heterocycles. The van der Waals surface area contributed by atoms with Gasteiger partial charge in [-0.3, -0.25) is 4.79 Å². The molecule has 1 fully saturated rings. The summed E-state index contributed by atoms with van der Waals surface area (Å²) in [7, 11) is 0. The van der Waals surface area contributed by atoms with E-state index in [0.29, 0.717) is 6.54 Å². The first-order valence-corrected chi connectivity index (χ1v) is 7.91. The molecule has 4 heteroatoms. The Balaban J connectivity index is 1.82. The zero-order valence-corrected chi connectivity index (χ0v) is 13.0. The van der Waals surface area contributed by atoms with Crippen molar-refractivity contribution in [1.29, 1.82) is 0 Å². The topological polar surface area (TPSA) is 50.4 Å². The van der Waals surface area contributed by atoms with Crippen LogP contribution in [0.4, 0.5) is 0 Å². The van der Waals surface area contributed by atoms with Gasteiger partial charge in [0.05, 0.1) is 12.5 Å². The molecule has 1 heterocycles. The van der Waals surface area contributed by atoms with Crippen LogP contribution >= 0.6 is 0 Å². The highest BCUT2D eigenvalue weighted by molar-refractivity contribution is 5.79. The lowest BCUT2D eigenvalue weighted by atomic mass is 9.99. The number of carbonyl (C=O) groups excluding carboxylic acids is 1. The molecule has 1 aromatic carbocycles. The summed E-state index contributed by atoms with van der Waals surface area (Å²) in [5.74, 6) is 1.15. The van der Waals surface area contributed by atoms with Crippen molar-refractivity contribution in [3.63, 3.8) is 0 Å². The Hall–Kier alpha value is -1.55. The number of piperidine rings is 1. The van der Waals surface area contributed by atoms with Crippen molar-refractivity contribution in [2.24, 2.45) is 5.92 Å². The van der Waals surface area contributed by atoms with Gasteiger partial charge in [0.25, 0.3) is 0 Å². The second kappa shape index (κ2) is 8.03. The van der Waals surface area contributed by atoms with Gasteiger partial charge in [-0.1, -0.05) is 25.1 Å². The molecule has 1 aliphatic heterocycles. The van der Waals surface area contributed by atoms with Gasteiger partial charge in [-0.15, -0.1) is 0 Å². The van der Waals surface area contributed by atoms with Crippen LogP contribution in [0.25, 0.3) is 0 Å². The van der Waals surface area contributed by atoms with E-state index in [1.807, 2.05) is 31.2 Å². The van der Waals surface area contributed by atoms with E-state index in [9.17, 15) is 4.79 Å². The van der Waals surface area contributed by atoms with Crippen LogP contribution in [0.1, 0.15) is 31.7 Å². The van der Waals surface area contributed by atoms with Gasteiger partial charge in [-0.05, 0) is 44.4 Å². The van der Waals surface area contributed by atoms with Crippen molar-refractivity contribution in [2.45, 2.75) is 39.2 Å². The monoisotopic (exact) mass is 290 g/mol. The summed E-state index contributed by atoms with van der Waals surface area (Å²) in [6.07, 6.45) is 2.95. The van der Waals surface area contributed by atoms with Crippen LogP contribution in [-0.2, 0) is 4.79 Å². The van der Waals surface area contributed by atoms with Crippen LogP contribution < -0.4 is 15.4 Å². The van der Waals surface area contributed by atoms with E-state index in [2.05, 4.69) is 17.6 Å². The number of benzene rings is 1. The lowest BCUT2D eigenvalue weighted by Gasteiger charge is -2.24. The van der Waals surface area contributed by atoms with Crippen LogP contribution in [0.3, 0.4) is 0 Å². The predicted molar refractivity (Wildman–Crippen MR) is 84.5 cm³/mol. The highest BCUT2D eigenvalue weighted by Crippen LogP contribution is 2.18. The van der Waals surface area contributed by atoms with Gasteiger partial charge in [-0.25, -0.2) is 0 Å². The van der Waals surface area contributed by atoms with Crippen molar-refractivity contribution in [3.05, 3.63) is 29.8 Å². The van der Waals surface area contributed by atoms with Gasteiger partial charge in [0, 0.05) is 6.54 Å². The first kappa shape index (κ1) is 15.8. The van der Waals surface area contributed by atoms with E-state index >= 15 is 0 Å². The molecule has 1 saturated heterocycles. The van der Waals surface area contributed by atoms with E-state index in [4.69, 9.17) is 4.74 Å². The van der Waals surface area contributed by atoms with Crippen molar-refractivity contribution >= 4 is 5.91 Å². The third-order valence-corrected chi connectivity index (χ3v) is 4.01. The maximum Gasteiger partial charge on any atom is 0.224 e. The third kappa shape index (κ3) is 4.74. The van der Waals surface area contributed by atoms with Crippen LogP contribution in [0.2, 0.25) is 0 Å². The Morgan fingerprint density at radius 2 is 2.29 bits per heavy atom. The van der Waals surface area contributed by atoms with E-state index < -0.39 is 0 Å². The molecule has 0 radical (unpaired) electrons. The van der Waals surface area contributed by atoms with E-state index in [0.717, 1.165) is 43.7 Å². The fourth-order valence-corrected chi connectivity index (χ4v) is 2.57. The molecule has 1 aromatic rings. The van der Waals surface area contributed by atoms with Crippen molar-refractivity contribution < 1.29 is 9.53 Å². The fraction of sp³-hybridized carbons (Fsp3) is 0.588. The molecular formula is C17H26N2O2. The number of carbonyl (C=O) groups is 1. The lowest BCUT2D eigenvalue weighted by Crippen LogP contribution is -2.43. The molecule has 116 valence electrons. The van der Waals surface area contributed by atoms with Gasteiger partial charge in [-0.2, -0.15) is 0 Å². The molecule has 0 saturated carbocycles. The van der Waals surface area contributed by atoms with Gasteiger partial charge >= 0.3 is 0 Å². The minimum absolute atomic E-state index is 0.0200. The molecule has 1 aliphatic rings. The minimum atomic E-state index is 0.0200. The number of rotatable bonds is 6. The molecule has 2 rings (SSSR count). The summed E-state index contributed by atoms with van der Waals surface area (Å²) in [5, 5.41) is 6.31. The number of hydrogen-bond acceptors (Lipinski definition) is 3. The number of aryl methyl sites for hydroxylation is 1. The Kier molecular flexibility index (Phi) is 6.05. The van der Waals surface area contributed by atoms with Gasteiger partial charge in [0.15, 0.2) is 0 Å². The predicted octanol–water partition coefficient (Wildman–Crippen LogP) is 2.27. The third-order valence-electron chi connectivity index (χ3n) is 4.01. The molecule has 1 amide bonds. The lowest BCUT2D eigenvalue weighted by molar-refractivity contribution is -0.125. The van der Waals surface area contributed by atoms with Crippen LogP contribution in [0, 0.1) is 12.8 Å². The first-order chi connectivity index (χ1) is 10.2. The second-order valence-electron chi connectivity index (χ2n) is 5.70. The maximum atomic E-state index is 12.1. The minimum Gasteiger partial charge on any atom is -0.488 e. The van der Waals surface area contributed by atoms with Crippen LogP contribution in [-0.4, -0.2) is 31.6 Å². The Bertz CT molecular complexity index is 456. The van der Waals surface area contributed by atoms with E-state index in [-0.39, 0.29) is 17.9 Å². The zero-order chi connectivity index (χ0) is 15.1. The molecular weight excluding hydrogens is 264 g/mol. The fourth-order valence-electron chi connectivity index (χ4n) is 2.57. The van der Waals surface area contributed by atoms with Crippen molar-refractivity contribution in [3.8, 4) is 5.75 Å². The highest BCUT2D eigenvalue weighted by atomic mass is 16.5. The van der Waals surface area contributed by atoms with Crippen LogP contribution in [0.15, 0.2) is 24.3 Å². The Morgan fingerprint density at radius 3 is 2.95 bits per heavy atom. The normalized spacial score (nSPS) is 19.8. The summed E-state index contributed by atoms with van der Waals surface area (Å²) in [4.78, 5) is 12.1. The summed E-state index contributed by atoms with van der Waals surface area (Å²) >= 11 is 0. The zero-order valence-electron chi connectivity index (χ0n) is 13.0. The molecule has 21 heavy (non-hydrogen) atoms. The van der Waals surface area contributed by atoms with Crippen molar-refractivity contribution in [1.82, 2.24) is 10.6 Å². The Labute approximate surface area is 127 Å².